The molecular formula is C17H15Cl3N2O3. The summed E-state index contributed by atoms with van der Waals surface area (Å²) in [5.41, 5.74) is 3.49. The predicted molar refractivity (Wildman–Crippen MR) is 100 cm³/mol. The van der Waals surface area contributed by atoms with Crippen LogP contribution in [0.4, 0.5) is 0 Å². The van der Waals surface area contributed by atoms with Gasteiger partial charge in [0.05, 0.1) is 22.2 Å². The van der Waals surface area contributed by atoms with Crippen molar-refractivity contribution in [2.45, 2.75) is 6.61 Å². The van der Waals surface area contributed by atoms with Crippen LogP contribution in [0.25, 0.3) is 6.08 Å². The molecule has 132 valence electrons. The van der Waals surface area contributed by atoms with E-state index in [1.165, 1.54) is 13.2 Å². The summed E-state index contributed by atoms with van der Waals surface area (Å²) in [5, 5.41) is 1.25. The van der Waals surface area contributed by atoms with E-state index >= 15 is 0 Å². The fourth-order valence-corrected chi connectivity index (χ4v) is 2.58. The van der Waals surface area contributed by atoms with Crippen LogP contribution < -0.4 is 20.7 Å². The van der Waals surface area contributed by atoms with Crippen molar-refractivity contribution in [1.82, 2.24) is 5.43 Å². The van der Waals surface area contributed by atoms with Gasteiger partial charge in [0.25, 0.3) is 5.91 Å². The third-order valence-corrected chi connectivity index (χ3v) is 4.21. The highest BCUT2D eigenvalue weighted by Crippen LogP contribution is 2.37. The summed E-state index contributed by atoms with van der Waals surface area (Å²) in [6, 6.07) is 8.55. The molecule has 0 aromatic heterocycles. The first kappa shape index (κ1) is 19.4. The van der Waals surface area contributed by atoms with Gasteiger partial charge in [0.1, 0.15) is 6.61 Å². The lowest BCUT2D eigenvalue weighted by Gasteiger charge is -2.13. The maximum Gasteiger partial charge on any atom is 0.257 e. The Bertz CT molecular complexity index is 810. The number of nitrogens with one attached hydrogen (secondary N) is 1. The summed E-state index contributed by atoms with van der Waals surface area (Å²) in [7, 11) is 1.50. The van der Waals surface area contributed by atoms with Gasteiger partial charge in [-0.25, -0.2) is 5.84 Å². The molecule has 8 heteroatoms. The van der Waals surface area contributed by atoms with Gasteiger partial charge in [-0.05, 0) is 41.5 Å². The van der Waals surface area contributed by atoms with E-state index < -0.39 is 5.91 Å². The summed E-state index contributed by atoms with van der Waals surface area (Å²) in [4.78, 5) is 11.2. The topological polar surface area (TPSA) is 73.6 Å². The number of hydrogen-bond acceptors (Lipinski definition) is 4. The number of halogens is 3. The molecule has 2 aromatic carbocycles. The summed E-state index contributed by atoms with van der Waals surface area (Å²) < 4.78 is 11.1. The lowest BCUT2D eigenvalue weighted by atomic mass is 10.2. The molecule has 0 radical (unpaired) electrons. The van der Waals surface area contributed by atoms with Gasteiger partial charge in [0, 0.05) is 6.08 Å². The van der Waals surface area contributed by atoms with Crippen molar-refractivity contribution in [3.63, 3.8) is 0 Å². The van der Waals surface area contributed by atoms with Crippen molar-refractivity contribution in [3.8, 4) is 11.5 Å². The Hall–Kier alpha value is -1.92. The molecule has 0 aliphatic rings. The van der Waals surface area contributed by atoms with Crippen LogP contribution in [0.3, 0.4) is 0 Å². The van der Waals surface area contributed by atoms with Gasteiger partial charge in [0.2, 0.25) is 0 Å². The van der Waals surface area contributed by atoms with Crippen molar-refractivity contribution in [1.29, 1.82) is 0 Å². The van der Waals surface area contributed by atoms with Crippen molar-refractivity contribution >= 4 is 46.8 Å². The van der Waals surface area contributed by atoms with Crippen LogP contribution in [0, 0.1) is 0 Å². The van der Waals surface area contributed by atoms with E-state index in [2.05, 4.69) is 0 Å². The second-order valence-corrected chi connectivity index (χ2v) is 6.13. The summed E-state index contributed by atoms with van der Waals surface area (Å²) in [6.07, 6.45) is 2.83. The van der Waals surface area contributed by atoms with Gasteiger partial charge < -0.3 is 9.47 Å². The number of ether oxygens (including phenoxy) is 2. The van der Waals surface area contributed by atoms with E-state index in [0.717, 1.165) is 5.56 Å². The second kappa shape index (κ2) is 8.97. The zero-order valence-corrected chi connectivity index (χ0v) is 15.5. The molecule has 2 rings (SSSR count). The van der Waals surface area contributed by atoms with E-state index in [1.807, 2.05) is 5.43 Å². The van der Waals surface area contributed by atoms with Crippen molar-refractivity contribution < 1.29 is 14.3 Å². The molecule has 3 N–H and O–H groups in total. The number of rotatable bonds is 6. The van der Waals surface area contributed by atoms with Crippen molar-refractivity contribution in [3.05, 3.63) is 62.6 Å². The van der Waals surface area contributed by atoms with Crippen LogP contribution in [0.1, 0.15) is 11.1 Å². The second-order valence-electron chi connectivity index (χ2n) is 4.91. The van der Waals surface area contributed by atoms with Gasteiger partial charge in [-0.3, -0.25) is 10.2 Å². The molecule has 0 aliphatic heterocycles. The van der Waals surface area contributed by atoms with Gasteiger partial charge in [0.15, 0.2) is 11.5 Å². The molecule has 0 spiro atoms. The fraction of sp³-hybridized carbons (Fsp3) is 0.118. The van der Waals surface area contributed by atoms with Gasteiger partial charge in [-0.2, -0.15) is 0 Å². The number of carbonyl (C=O) groups excluding carboxylic acids is 1. The Morgan fingerprint density at radius 3 is 2.56 bits per heavy atom. The van der Waals surface area contributed by atoms with Crippen LogP contribution in [-0.2, 0) is 11.4 Å². The minimum absolute atomic E-state index is 0.234. The molecule has 1 amide bonds. The molecule has 0 bridgehead atoms. The zero-order valence-electron chi connectivity index (χ0n) is 13.2. The number of hydrogen-bond donors (Lipinski definition) is 2. The Morgan fingerprint density at radius 1 is 1.16 bits per heavy atom. The third-order valence-electron chi connectivity index (χ3n) is 3.19. The number of benzene rings is 2. The first-order valence-electron chi connectivity index (χ1n) is 7.07. The van der Waals surface area contributed by atoms with Gasteiger partial charge in [-0.1, -0.05) is 40.9 Å². The molecule has 0 heterocycles. The Kier molecular flexibility index (Phi) is 6.96. The van der Waals surface area contributed by atoms with E-state index in [9.17, 15) is 4.79 Å². The maximum absolute atomic E-state index is 11.2. The number of amides is 1. The molecule has 0 aliphatic carbocycles. The normalized spacial score (nSPS) is 10.8. The van der Waals surface area contributed by atoms with E-state index in [4.69, 9.17) is 50.1 Å². The van der Waals surface area contributed by atoms with Crippen LogP contribution in [0.2, 0.25) is 15.1 Å². The molecule has 2 aromatic rings. The SMILES string of the molecule is COc1cc(/C=C/C(=O)NN)cc(Cl)c1OCc1ccc(Cl)c(Cl)c1. The highest BCUT2D eigenvalue weighted by Gasteiger charge is 2.12. The summed E-state index contributed by atoms with van der Waals surface area (Å²) in [6.45, 7) is 0.234. The Balaban J connectivity index is 2.21. The number of methoxy groups -OCH3 is 1. The lowest BCUT2D eigenvalue weighted by molar-refractivity contribution is -0.116. The summed E-state index contributed by atoms with van der Waals surface area (Å²) in [5.74, 6) is 5.40. The van der Waals surface area contributed by atoms with E-state index in [1.54, 1.807) is 36.4 Å². The maximum atomic E-state index is 11.2. The fourth-order valence-electron chi connectivity index (χ4n) is 1.98. The van der Waals surface area contributed by atoms with Crippen LogP contribution >= 0.6 is 34.8 Å². The molecule has 5 nitrogen and oxygen atoms in total. The number of carbonyl (C=O) groups is 1. The first-order valence-corrected chi connectivity index (χ1v) is 8.21. The molecule has 0 saturated heterocycles. The largest absolute Gasteiger partial charge is 0.493 e. The minimum Gasteiger partial charge on any atom is -0.493 e. The standard InChI is InChI=1S/C17H15Cl3N2O3/c1-24-15-8-10(3-5-16(23)22-21)6-14(20)17(15)25-9-11-2-4-12(18)13(19)7-11/h2-8H,9,21H2,1H3,(H,22,23)/b5-3+. The van der Waals surface area contributed by atoms with Crippen LogP contribution in [0.15, 0.2) is 36.4 Å². The molecule has 0 saturated carbocycles. The van der Waals surface area contributed by atoms with Crippen molar-refractivity contribution in [2.75, 3.05) is 7.11 Å². The molecule has 25 heavy (non-hydrogen) atoms. The number of hydrazine groups is 1. The molecule has 0 unspecified atom stereocenters. The van der Waals surface area contributed by atoms with E-state index in [0.29, 0.717) is 32.1 Å². The zero-order chi connectivity index (χ0) is 18.4. The lowest BCUT2D eigenvalue weighted by Crippen LogP contribution is -2.27. The van der Waals surface area contributed by atoms with E-state index in [-0.39, 0.29) is 6.61 Å². The van der Waals surface area contributed by atoms with Crippen LogP contribution in [-0.4, -0.2) is 13.0 Å². The molecular weight excluding hydrogens is 387 g/mol. The average molecular weight is 402 g/mol. The first-order chi connectivity index (χ1) is 11.9. The smallest absolute Gasteiger partial charge is 0.257 e. The minimum atomic E-state index is -0.435. The molecule has 0 atom stereocenters. The monoisotopic (exact) mass is 400 g/mol. The van der Waals surface area contributed by atoms with Crippen molar-refractivity contribution in [2.24, 2.45) is 5.84 Å². The highest BCUT2D eigenvalue weighted by atomic mass is 35.5. The Morgan fingerprint density at radius 2 is 1.92 bits per heavy atom. The number of nitrogens with two attached hydrogens (primary N) is 1. The van der Waals surface area contributed by atoms with Gasteiger partial charge in [-0.15, -0.1) is 0 Å². The quantitative estimate of drug-likeness (QED) is 0.329. The summed E-state index contributed by atoms with van der Waals surface area (Å²) >= 11 is 18.2. The van der Waals surface area contributed by atoms with Crippen LogP contribution in [0.5, 0.6) is 11.5 Å². The van der Waals surface area contributed by atoms with Gasteiger partial charge >= 0.3 is 0 Å². The third kappa shape index (κ3) is 5.28. The molecule has 0 fully saturated rings. The Labute approximate surface area is 160 Å². The average Bonchev–Trinajstić information content (AvgIpc) is 2.61. The predicted octanol–water partition coefficient (Wildman–Crippen LogP) is 4.24. The highest BCUT2D eigenvalue weighted by molar-refractivity contribution is 6.42.